The van der Waals surface area contributed by atoms with E-state index in [2.05, 4.69) is 20.8 Å². The van der Waals surface area contributed by atoms with Crippen LogP contribution < -0.4 is 10.1 Å². The second-order valence-electron chi connectivity index (χ2n) is 5.04. The van der Waals surface area contributed by atoms with Crippen molar-refractivity contribution < 1.29 is 9.47 Å². The standard InChI is InChI=1S/C14H19N5O2/c1-10-16-17-18-19(10)13-8-11(5-6-14(13)20-2)15-9-12-4-3-7-21-12/h5-6,8,12,15H,3-4,7,9H2,1-2H3/t12-/m1/s1. The molecule has 0 amide bonds. The number of aromatic nitrogens is 4. The van der Waals surface area contributed by atoms with Gasteiger partial charge in [-0.05, 0) is 48.4 Å². The number of aryl methyl sites for hydroxylation is 1. The highest BCUT2D eigenvalue weighted by Gasteiger charge is 2.16. The van der Waals surface area contributed by atoms with Crippen molar-refractivity contribution in [2.75, 3.05) is 25.6 Å². The van der Waals surface area contributed by atoms with Crippen LogP contribution in [0.3, 0.4) is 0 Å². The normalized spacial score (nSPS) is 17.9. The van der Waals surface area contributed by atoms with Crippen LogP contribution in [0.4, 0.5) is 5.69 Å². The molecule has 1 aliphatic heterocycles. The van der Waals surface area contributed by atoms with Crippen LogP contribution in [0, 0.1) is 6.92 Å². The van der Waals surface area contributed by atoms with Gasteiger partial charge < -0.3 is 14.8 Å². The maximum Gasteiger partial charge on any atom is 0.153 e. The van der Waals surface area contributed by atoms with E-state index in [4.69, 9.17) is 9.47 Å². The quantitative estimate of drug-likeness (QED) is 0.900. The van der Waals surface area contributed by atoms with Crippen molar-refractivity contribution in [1.82, 2.24) is 20.2 Å². The molecule has 2 heterocycles. The summed E-state index contributed by atoms with van der Waals surface area (Å²) in [4.78, 5) is 0. The molecular weight excluding hydrogens is 270 g/mol. The van der Waals surface area contributed by atoms with Crippen LogP contribution in [-0.4, -0.2) is 46.6 Å². The summed E-state index contributed by atoms with van der Waals surface area (Å²) < 4.78 is 12.7. The molecule has 3 rings (SSSR count). The van der Waals surface area contributed by atoms with Crippen LogP contribution in [0.15, 0.2) is 18.2 Å². The van der Waals surface area contributed by atoms with Gasteiger partial charge in [-0.1, -0.05) is 0 Å². The van der Waals surface area contributed by atoms with Gasteiger partial charge in [-0.25, -0.2) is 0 Å². The number of anilines is 1. The van der Waals surface area contributed by atoms with E-state index in [0.717, 1.165) is 43.1 Å². The Bertz CT molecular complexity index is 607. The second kappa shape index (κ2) is 6.09. The molecule has 1 saturated heterocycles. The Morgan fingerprint density at radius 1 is 1.48 bits per heavy atom. The van der Waals surface area contributed by atoms with Gasteiger partial charge in [-0.3, -0.25) is 0 Å². The lowest BCUT2D eigenvalue weighted by molar-refractivity contribution is 0.120. The topological polar surface area (TPSA) is 74.1 Å². The molecule has 0 unspecified atom stereocenters. The van der Waals surface area contributed by atoms with Crippen molar-refractivity contribution in [3.8, 4) is 11.4 Å². The van der Waals surface area contributed by atoms with E-state index in [1.54, 1.807) is 11.8 Å². The van der Waals surface area contributed by atoms with Crippen LogP contribution in [0.1, 0.15) is 18.7 Å². The summed E-state index contributed by atoms with van der Waals surface area (Å²) in [6.07, 6.45) is 2.55. The SMILES string of the molecule is COc1ccc(NC[C@H]2CCCO2)cc1-n1nnnc1C. The first-order valence-corrected chi connectivity index (χ1v) is 7.07. The Morgan fingerprint density at radius 3 is 3.05 bits per heavy atom. The Balaban J connectivity index is 1.81. The van der Waals surface area contributed by atoms with Gasteiger partial charge in [0.1, 0.15) is 11.4 Å². The minimum atomic E-state index is 0.297. The van der Waals surface area contributed by atoms with Crippen molar-refractivity contribution >= 4 is 5.69 Å². The predicted octanol–water partition coefficient (Wildman–Crippen LogP) is 1.57. The number of ether oxygens (including phenoxy) is 2. The fourth-order valence-corrected chi connectivity index (χ4v) is 2.46. The predicted molar refractivity (Wildman–Crippen MR) is 77.9 cm³/mol. The molecule has 1 aromatic carbocycles. The summed E-state index contributed by atoms with van der Waals surface area (Å²) in [5.74, 6) is 1.44. The van der Waals surface area contributed by atoms with Gasteiger partial charge in [0.25, 0.3) is 0 Å². The molecule has 2 aromatic rings. The zero-order chi connectivity index (χ0) is 14.7. The van der Waals surface area contributed by atoms with E-state index in [-0.39, 0.29) is 0 Å². The third-order valence-electron chi connectivity index (χ3n) is 3.59. The Kier molecular flexibility index (Phi) is 4.01. The number of benzene rings is 1. The Labute approximate surface area is 123 Å². The van der Waals surface area contributed by atoms with Crippen molar-refractivity contribution in [3.63, 3.8) is 0 Å². The third kappa shape index (κ3) is 2.97. The first kappa shape index (κ1) is 13.8. The lowest BCUT2D eigenvalue weighted by Gasteiger charge is -2.14. The minimum Gasteiger partial charge on any atom is -0.494 e. The number of hydrogen-bond donors (Lipinski definition) is 1. The van der Waals surface area contributed by atoms with Gasteiger partial charge in [-0.2, -0.15) is 4.68 Å². The number of nitrogens with one attached hydrogen (secondary N) is 1. The fraction of sp³-hybridized carbons (Fsp3) is 0.500. The Morgan fingerprint density at radius 2 is 2.38 bits per heavy atom. The molecule has 1 aliphatic rings. The van der Waals surface area contributed by atoms with Crippen molar-refractivity contribution in [2.24, 2.45) is 0 Å². The Hall–Kier alpha value is -2.15. The van der Waals surface area contributed by atoms with Crippen molar-refractivity contribution in [2.45, 2.75) is 25.9 Å². The summed E-state index contributed by atoms with van der Waals surface area (Å²) in [7, 11) is 1.64. The van der Waals surface area contributed by atoms with Crippen LogP contribution >= 0.6 is 0 Å². The van der Waals surface area contributed by atoms with Gasteiger partial charge in [0, 0.05) is 18.8 Å². The van der Waals surface area contributed by atoms with E-state index >= 15 is 0 Å². The van der Waals surface area contributed by atoms with Gasteiger partial charge in [0.15, 0.2) is 5.82 Å². The highest BCUT2D eigenvalue weighted by Crippen LogP contribution is 2.26. The van der Waals surface area contributed by atoms with Gasteiger partial charge >= 0.3 is 0 Å². The molecule has 7 heteroatoms. The molecule has 0 bridgehead atoms. The smallest absolute Gasteiger partial charge is 0.153 e. The van der Waals surface area contributed by atoms with Gasteiger partial charge in [-0.15, -0.1) is 5.10 Å². The molecule has 7 nitrogen and oxygen atoms in total. The number of tetrazole rings is 1. The van der Waals surface area contributed by atoms with Crippen molar-refractivity contribution in [1.29, 1.82) is 0 Å². The lowest BCUT2D eigenvalue weighted by atomic mass is 10.2. The zero-order valence-electron chi connectivity index (χ0n) is 12.2. The van der Waals surface area contributed by atoms with Crippen LogP contribution in [0.2, 0.25) is 0 Å². The monoisotopic (exact) mass is 289 g/mol. The molecule has 1 N–H and O–H groups in total. The first-order chi connectivity index (χ1) is 10.3. The van der Waals surface area contributed by atoms with E-state index in [0.29, 0.717) is 11.9 Å². The summed E-state index contributed by atoms with van der Waals surface area (Å²) in [6.45, 7) is 3.52. The molecule has 1 atom stereocenters. The van der Waals surface area contributed by atoms with Crippen LogP contribution in [-0.2, 0) is 4.74 Å². The lowest BCUT2D eigenvalue weighted by Crippen LogP contribution is -2.18. The number of methoxy groups -OCH3 is 1. The minimum absolute atomic E-state index is 0.297. The first-order valence-electron chi connectivity index (χ1n) is 7.07. The summed E-state index contributed by atoms with van der Waals surface area (Å²) in [5, 5.41) is 15.0. The maximum atomic E-state index is 5.62. The zero-order valence-corrected chi connectivity index (χ0v) is 12.2. The van der Waals surface area contributed by atoms with Gasteiger partial charge in [0.05, 0.1) is 13.2 Å². The molecule has 0 saturated carbocycles. The molecular formula is C14H19N5O2. The summed E-state index contributed by atoms with van der Waals surface area (Å²) in [6, 6.07) is 5.88. The highest BCUT2D eigenvalue weighted by atomic mass is 16.5. The van der Waals surface area contributed by atoms with E-state index in [1.165, 1.54) is 0 Å². The largest absolute Gasteiger partial charge is 0.494 e. The third-order valence-corrected chi connectivity index (χ3v) is 3.59. The fourth-order valence-electron chi connectivity index (χ4n) is 2.46. The highest BCUT2D eigenvalue weighted by molar-refractivity contribution is 5.58. The number of rotatable bonds is 5. The molecule has 0 spiro atoms. The summed E-state index contributed by atoms with van der Waals surface area (Å²) in [5.41, 5.74) is 1.81. The van der Waals surface area contributed by atoms with E-state index < -0.39 is 0 Å². The molecule has 0 aliphatic carbocycles. The maximum absolute atomic E-state index is 5.62. The van der Waals surface area contributed by atoms with Gasteiger partial charge in [0.2, 0.25) is 0 Å². The summed E-state index contributed by atoms with van der Waals surface area (Å²) >= 11 is 0. The average molecular weight is 289 g/mol. The molecule has 1 fully saturated rings. The van der Waals surface area contributed by atoms with E-state index in [9.17, 15) is 0 Å². The molecule has 1 aromatic heterocycles. The van der Waals surface area contributed by atoms with Crippen LogP contribution in [0.25, 0.3) is 5.69 Å². The molecule has 0 radical (unpaired) electrons. The van der Waals surface area contributed by atoms with E-state index in [1.807, 2.05) is 25.1 Å². The number of nitrogens with zero attached hydrogens (tertiary/aromatic N) is 4. The molecule has 112 valence electrons. The van der Waals surface area contributed by atoms with Crippen molar-refractivity contribution in [3.05, 3.63) is 24.0 Å². The van der Waals surface area contributed by atoms with Crippen LogP contribution in [0.5, 0.6) is 5.75 Å². The second-order valence-corrected chi connectivity index (χ2v) is 5.04. The number of hydrogen-bond acceptors (Lipinski definition) is 6. The average Bonchev–Trinajstić information content (AvgIpc) is 3.16. The molecule has 21 heavy (non-hydrogen) atoms.